The van der Waals surface area contributed by atoms with Gasteiger partial charge in [0.15, 0.2) is 0 Å². The highest BCUT2D eigenvalue weighted by atomic mass is 79.9. The fraction of sp³-hybridized carbons (Fsp3) is 0.462. The maximum Gasteiger partial charge on any atom is 0.414 e. The molecule has 4 aromatic rings. The number of pyridine rings is 2. The molecule has 23 heteroatoms. The van der Waals surface area contributed by atoms with Gasteiger partial charge in [-0.05, 0) is 122 Å². The Morgan fingerprint density at radius 1 is 0.653 bits per heavy atom. The van der Waals surface area contributed by atoms with Crippen molar-refractivity contribution < 1.29 is 44.7 Å². The number of alkyl carbamates (subject to hydrolysis) is 2. The minimum atomic E-state index is -3.90. The number of carbonyl (C=O) groups is 2. The van der Waals surface area contributed by atoms with E-state index in [0.717, 1.165) is 14.7 Å². The summed E-state index contributed by atoms with van der Waals surface area (Å²) in [4.78, 5) is 40.5. The van der Waals surface area contributed by atoms with Crippen molar-refractivity contribution in [3.8, 4) is 11.1 Å². The number of amides is 2. The minimum absolute atomic E-state index is 0.0239. The first-order valence-electron chi connectivity index (χ1n) is 23.5. The second-order valence-corrected chi connectivity index (χ2v) is 30.4. The number of benzene rings is 2. The van der Waals surface area contributed by atoms with Crippen molar-refractivity contribution in [2.75, 3.05) is 31.3 Å². The van der Waals surface area contributed by atoms with E-state index in [1.54, 1.807) is 41.5 Å². The molecule has 0 spiro atoms. The fourth-order valence-electron chi connectivity index (χ4n) is 7.98. The molecule has 17 nitrogen and oxygen atoms in total. The number of nitrogens with zero attached hydrogens (tertiary/aromatic N) is 6. The first-order valence-corrected chi connectivity index (χ1v) is 28.9. The van der Waals surface area contributed by atoms with Crippen LogP contribution in [0.2, 0.25) is 0 Å². The Kier molecular flexibility index (Phi) is 20.5. The number of halogens is 3. The number of nitrogens with one attached hydrogen (secondary N) is 2. The van der Waals surface area contributed by atoms with E-state index in [2.05, 4.69) is 156 Å². The molecule has 4 N–H and O–H groups in total. The molecule has 4 heterocycles. The summed E-state index contributed by atoms with van der Waals surface area (Å²) in [5.41, 5.74) is 3.28. The van der Waals surface area contributed by atoms with E-state index in [1.165, 1.54) is 62.6 Å². The Bertz CT molecular complexity index is 2820. The van der Waals surface area contributed by atoms with E-state index in [0.29, 0.717) is 14.9 Å². The molecule has 0 fully saturated rings. The molecule has 75 heavy (non-hydrogen) atoms. The molecule has 2 aromatic heterocycles. The smallest absolute Gasteiger partial charge is 0.414 e. The van der Waals surface area contributed by atoms with Gasteiger partial charge in [0.05, 0.1) is 0 Å². The quantitative estimate of drug-likeness (QED) is 0.0989. The molecule has 2 atom stereocenters. The second kappa shape index (κ2) is 24.2. The maximum absolute atomic E-state index is 14.3. The van der Waals surface area contributed by atoms with Crippen LogP contribution in [0.4, 0.5) is 24.2 Å². The predicted octanol–water partition coefficient (Wildman–Crippen LogP) is 10.4. The number of aliphatic imine (C=N–C) groups is 2. The van der Waals surface area contributed by atoms with Crippen LogP contribution in [0.5, 0.6) is 0 Å². The number of sulfonamides is 2. The largest absolute Gasteiger partial charge is 0.444 e. The number of aromatic nitrogens is 2. The van der Waals surface area contributed by atoms with E-state index < -0.39 is 77.7 Å². The van der Waals surface area contributed by atoms with Crippen LogP contribution in [-0.2, 0) is 40.6 Å². The molecule has 0 radical (unpaired) electrons. The lowest BCUT2D eigenvalue weighted by atomic mass is 10.00. The van der Waals surface area contributed by atoms with Gasteiger partial charge in [0.25, 0.3) is 0 Å². The van der Waals surface area contributed by atoms with E-state index >= 15 is 0 Å². The number of guanidine groups is 2. The Morgan fingerprint density at radius 3 is 1.45 bits per heavy atom. The van der Waals surface area contributed by atoms with Gasteiger partial charge in [0.2, 0.25) is 32.0 Å². The average molecular weight is 1170 g/mol. The van der Waals surface area contributed by atoms with Crippen molar-refractivity contribution in [2.45, 2.75) is 130 Å². The van der Waals surface area contributed by atoms with Crippen molar-refractivity contribution in [1.29, 1.82) is 0 Å². The van der Waals surface area contributed by atoms with E-state index in [4.69, 9.17) is 15.2 Å². The van der Waals surface area contributed by atoms with Gasteiger partial charge in [0, 0.05) is 14.1 Å². The van der Waals surface area contributed by atoms with Gasteiger partial charge in [-0.1, -0.05) is 104 Å². The topological polar surface area (TPSA) is 228 Å². The van der Waals surface area contributed by atoms with E-state index in [-0.39, 0.29) is 37.0 Å². The van der Waals surface area contributed by atoms with Gasteiger partial charge >= 0.3 is 12.2 Å². The lowest BCUT2D eigenvalue weighted by Gasteiger charge is -2.42. The Morgan fingerprint density at radius 2 is 1.04 bits per heavy atom. The highest BCUT2D eigenvalue weighted by molar-refractivity contribution is 9.10. The van der Waals surface area contributed by atoms with Crippen LogP contribution in [0.25, 0.3) is 11.1 Å². The number of anilines is 1. The Balaban J connectivity index is 0.000000293. The van der Waals surface area contributed by atoms with Crippen molar-refractivity contribution in [3.05, 3.63) is 120 Å². The molecule has 0 unspecified atom stereocenters. The number of rotatable bonds is 4. The fourth-order valence-corrected chi connectivity index (χ4v) is 15.3. The third-order valence-corrected chi connectivity index (χ3v) is 18.4. The molecule has 2 aromatic carbocycles. The molecule has 412 valence electrons. The van der Waals surface area contributed by atoms with Gasteiger partial charge in [-0.3, -0.25) is 10.6 Å². The first-order chi connectivity index (χ1) is 34.2. The van der Waals surface area contributed by atoms with Crippen LogP contribution in [0.1, 0.15) is 108 Å². The second-order valence-electron chi connectivity index (χ2n) is 21.7. The zero-order valence-corrected chi connectivity index (χ0v) is 49.9. The van der Waals surface area contributed by atoms with E-state index in [1.807, 2.05) is 0 Å². The van der Waals surface area contributed by atoms with Gasteiger partial charge in [0.1, 0.15) is 67.2 Å². The molecule has 2 aliphatic heterocycles. The summed E-state index contributed by atoms with van der Waals surface area (Å²) in [5, 5.41) is 6.71. The van der Waals surface area contributed by atoms with Gasteiger partial charge in [-0.25, -0.2) is 63.8 Å². The molecular formula is C52H73BrF2N9O8PS2. The van der Waals surface area contributed by atoms with Crippen LogP contribution in [-0.4, -0.2) is 107 Å². The van der Waals surface area contributed by atoms with Crippen LogP contribution in [0.15, 0.2) is 107 Å². The van der Waals surface area contributed by atoms with Crippen molar-refractivity contribution in [3.63, 3.8) is 0 Å². The minimum Gasteiger partial charge on any atom is -0.444 e. The number of ether oxygens (including phenoxy) is 2. The number of hydrogen-bond acceptors (Lipinski definition) is 13. The molecule has 0 bridgehead atoms. The summed E-state index contributed by atoms with van der Waals surface area (Å²) in [6.07, 6.45) is -1.76. The molecule has 0 saturated heterocycles. The van der Waals surface area contributed by atoms with Gasteiger partial charge in [-0.15, -0.1) is 13.2 Å². The summed E-state index contributed by atoms with van der Waals surface area (Å²) >= 11 is 3.14. The summed E-state index contributed by atoms with van der Waals surface area (Å²) in [6, 6.07) is 24.7. The zero-order chi connectivity index (χ0) is 57.5. The third kappa shape index (κ3) is 17.5. The Labute approximate surface area is 452 Å². The molecule has 0 saturated carbocycles. The number of hydrogen-bond donors (Lipinski definition) is 3. The molecular weight excluding hydrogens is 1090 g/mol. The van der Waals surface area contributed by atoms with Crippen LogP contribution in [0.3, 0.4) is 0 Å². The number of nitrogen functional groups attached to an aromatic ring is 1. The lowest BCUT2D eigenvalue weighted by molar-refractivity contribution is 0.0546. The van der Waals surface area contributed by atoms with Crippen molar-refractivity contribution in [2.24, 2.45) is 9.98 Å². The first kappa shape index (κ1) is 63.7. The molecule has 0 aliphatic carbocycles. The average Bonchev–Trinajstić information content (AvgIpc) is 3.25. The summed E-state index contributed by atoms with van der Waals surface area (Å²) in [7, 11) is -5.58. The van der Waals surface area contributed by atoms with Crippen molar-refractivity contribution >= 4 is 79.1 Å². The summed E-state index contributed by atoms with van der Waals surface area (Å²) < 4.78 is 90.8. The number of nitrogens with two attached hydrogens (primary N) is 1. The van der Waals surface area contributed by atoms with Gasteiger partial charge in [-0.2, -0.15) is 0 Å². The highest BCUT2D eigenvalue weighted by Crippen LogP contribution is 2.59. The Hall–Kier alpha value is -5.57. The molecule has 6 rings (SSSR count). The summed E-state index contributed by atoms with van der Waals surface area (Å²) in [5.74, 6) is -3.03. The zero-order valence-electron chi connectivity index (χ0n) is 45.8. The van der Waals surface area contributed by atoms with Crippen molar-refractivity contribution in [1.82, 2.24) is 29.2 Å². The lowest BCUT2D eigenvalue weighted by Crippen LogP contribution is -2.54. The number of carbonyl (C=O) groups excluding carboxylic acids is 2. The highest BCUT2D eigenvalue weighted by Gasteiger charge is 2.46. The maximum atomic E-state index is 14.3. The van der Waals surface area contributed by atoms with Gasteiger partial charge < -0.3 is 15.2 Å². The normalized spacial score (nSPS) is 19.3. The standard InChI is InChI=1S/C20H27P.C15H20BrFN4O4S.C15H22FN5O4S.C2H4/c1-19(2,3)21(20(4,5)6)18-15-11-10-14-17(18)16-12-8-7-9-13-16;1-14(2,3)25-13(22)19-12-20-15(4,8-26(23,24)21(12)5)11-9(17)6-7-10(16)18-11;1-14(2,3)25-13(22)19-12-20-15(4,8-26(23,24)21(12)5)11-9(16)6-7-10(17)18-11;1-2/h7-15H,1-6H3;6-7H,8H2,1-5H3,(H,19,20,22);6-7H,8H2,1-5H3,(H2,17,18)(H,19,20,22);1-2H2/t;2*15-;/m.00./s1. The SMILES string of the molecule is C=C.CC(C)(C)P(c1ccccc1-c1ccccc1)C(C)(C)C.CN1C(NC(=O)OC(C)(C)C)=N[C@](C)(c2nc(Br)ccc2F)CS1(=O)=O.CN1C(NC(=O)OC(C)(C)C)=N[C@](C)(c2nc(N)ccc2F)CS1(=O)=O. The van der Waals surface area contributed by atoms with E-state index in [9.17, 15) is 35.2 Å². The van der Waals surface area contributed by atoms with Crippen LogP contribution < -0.4 is 21.7 Å². The third-order valence-electron chi connectivity index (χ3n) is 10.6. The molecule has 2 amide bonds. The summed E-state index contributed by atoms with van der Waals surface area (Å²) in [6.45, 7) is 33.1. The van der Waals surface area contributed by atoms with Crippen LogP contribution in [0, 0.1) is 11.6 Å². The predicted molar refractivity (Wildman–Crippen MR) is 301 cm³/mol. The van der Waals surface area contributed by atoms with Crippen LogP contribution >= 0.6 is 23.9 Å². The monoisotopic (exact) mass is 1160 g/mol. The molecule has 2 aliphatic rings.